The molecule has 0 radical (unpaired) electrons. The van der Waals surface area contributed by atoms with E-state index in [4.69, 9.17) is 10.9 Å². The summed E-state index contributed by atoms with van der Waals surface area (Å²) >= 11 is 0. The number of benzene rings is 1. The average molecular weight is 253 g/mol. The highest BCUT2D eigenvalue weighted by Crippen LogP contribution is 2.19. The van der Waals surface area contributed by atoms with Gasteiger partial charge in [0.2, 0.25) is 0 Å². The molecule has 1 aromatic rings. The van der Waals surface area contributed by atoms with Crippen LogP contribution in [-0.2, 0) is 0 Å². The molecule has 0 spiro atoms. The van der Waals surface area contributed by atoms with Crippen LogP contribution in [0.25, 0.3) is 0 Å². The third-order valence-corrected chi connectivity index (χ3v) is 2.71. The normalized spacial score (nSPS) is 15.4. The summed E-state index contributed by atoms with van der Waals surface area (Å²) in [4.78, 5) is 0. The lowest BCUT2D eigenvalue weighted by atomic mass is 10.0. The standard InChI is InChI=1S/C12H19N3O3/c1-14-7-6-10(16)11(17)8-2-4-9(5-3-8)12(13)15-18/h2-5,10-11,14,16-18H,6-7H2,1H3,(H2,13,15). The van der Waals surface area contributed by atoms with Crippen LogP contribution >= 0.6 is 0 Å². The summed E-state index contributed by atoms with van der Waals surface area (Å²) in [6.07, 6.45) is -1.31. The van der Waals surface area contributed by atoms with Crippen LogP contribution in [0.5, 0.6) is 0 Å². The van der Waals surface area contributed by atoms with Gasteiger partial charge in [0.05, 0.1) is 6.10 Å². The van der Waals surface area contributed by atoms with Crippen molar-refractivity contribution in [1.82, 2.24) is 5.32 Å². The van der Waals surface area contributed by atoms with E-state index < -0.39 is 12.2 Å². The van der Waals surface area contributed by atoms with Gasteiger partial charge >= 0.3 is 0 Å². The van der Waals surface area contributed by atoms with Gasteiger partial charge in [0.25, 0.3) is 0 Å². The third-order valence-electron chi connectivity index (χ3n) is 2.71. The first-order valence-corrected chi connectivity index (χ1v) is 5.68. The minimum atomic E-state index is -0.945. The minimum absolute atomic E-state index is 0.00627. The Bertz CT molecular complexity index is 392. The van der Waals surface area contributed by atoms with E-state index in [1.807, 2.05) is 0 Å². The number of nitrogens with zero attached hydrogens (tertiary/aromatic N) is 1. The lowest BCUT2D eigenvalue weighted by molar-refractivity contribution is 0.0140. The number of oxime groups is 1. The summed E-state index contributed by atoms with van der Waals surface area (Å²) in [5.74, 6) is 0.00627. The lowest BCUT2D eigenvalue weighted by Crippen LogP contribution is -2.23. The molecule has 1 aromatic carbocycles. The second kappa shape index (κ2) is 6.95. The van der Waals surface area contributed by atoms with E-state index in [0.717, 1.165) is 0 Å². The molecule has 6 nitrogen and oxygen atoms in total. The Hall–Kier alpha value is -1.63. The van der Waals surface area contributed by atoms with Gasteiger partial charge in [0, 0.05) is 5.56 Å². The van der Waals surface area contributed by atoms with Crippen LogP contribution in [0.2, 0.25) is 0 Å². The molecule has 0 aliphatic carbocycles. The number of hydrogen-bond acceptors (Lipinski definition) is 5. The molecule has 0 bridgehead atoms. The molecule has 0 saturated carbocycles. The van der Waals surface area contributed by atoms with E-state index in [2.05, 4.69) is 10.5 Å². The van der Waals surface area contributed by atoms with Gasteiger partial charge in [-0.05, 0) is 25.6 Å². The molecule has 0 saturated heterocycles. The predicted molar refractivity (Wildman–Crippen MR) is 68.5 cm³/mol. The minimum Gasteiger partial charge on any atom is -0.409 e. The molecule has 2 unspecified atom stereocenters. The van der Waals surface area contributed by atoms with Crippen molar-refractivity contribution in [2.24, 2.45) is 10.9 Å². The molecule has 0 aliphatic heterocycles. The molecule has 18 heavy (non-hydrogen) atoms. The molecule has 0 aliphatic rings. The number of hydrogen-bond donors (Lipinski definition) is 5. The first kappa shape index (κ1) is 14.4. The summed E-state index contributed by atoms with van der Waals surface area (Å²) in [6.45, 7) is 0.625. The van der Waals surface area contributed by atoms with Crippen molar-refractivity contribution in [3.63, 3.8) is 0 Å². The van der Waals surface area contributed by atoms with E-state index in [-0.39, 0.29) is 5.84 Å². The average Bonchev–Trinajstić information content (AvgIpc) is 2.43. The van der Waals surface area contributed by atoms with Gasteiger partial charge in [-0.15, -0.1) is 0 Å². The van der Waals surface area contributed by atoms with Gasteiger partial charge in [-0.1, -0.05) is 29.4 Å². The summed E-state index contributed by atoms with van der Waals surface area (Å²) < 4.78 is 0. The fourth-order valence-corrected chi connectivity index (χ4v) is 1.58. The Balaban J connectivity index is 2.72. The highest BCUT2D eigenvalue weighted by molar-refractivity contribution is 5.96. The van der Waals surface area contributed by atoms with Crippen molar-refractivity contribution < 1.29 is 15.4 Å². The van der Waals surface area contributed by atoms with Crippen LogP contribution in [-0.4, -0.2) is 41.0 Å². The summed E-state index contributed by atoms with van der Waals surface area (Å²) in [7, 11) is 1.78. The number of nitrogens with two attached hydrogens (primary N) is 1. The van der Waals surface area contributed by atoms with Crippen LogP contribution in [0.1, 0.15) is 23.7 Å². The van der Waals surface area contributed by atoms with Crippen molar-refractivity contribution >= 4 is 5.84 Å². The van der Waals surface area contributed by atoms with Gasteiger partial charge in [0.1, 0.15) is 6.10 Å². The number of aliphatic hydroxyl groups excluding tert-OH is 2. The third kappa shape index (κ3) is 3.69. The molecule has 0 amide bonds. The van der Waals surface area contributed by atoms with E-state index in [1.54, 1.807) is 31.3 Å². The second-order valence-electron chi connectivity index (χ2n) is 4.01. The Morgan fingerprint density at radius 3 is 2.44 bits per heavy atom. The SMILES string of the molecule is CNCCC(O)C(O)c1ccc(C(N)=NO)cc1. The highest BCUT2D eigenvalue weighted by Gasteiger charge is 2.17. The Morgan fingerprint density at radius 2 is 1.94 bits per heavy atom. The quantitative estimate of drug-likeness (QED) is 0.208. The van der Waals surface area contributed by atoms with Crippen molar-refractivity contribution in [2.45, 2.75) is 18.6 Å². The zero-order valence-electron chi connectivity index (χ0n) is 10.2. The van der Waals surface area contributed by atoms with Crippen LogP contribution in [0.4, 0.5) is 0 Å². The zero-order valence-corrected chi connectivity index (χ0v) is 10.2. The fraction of sp³-hybridized carbons (Fsp3) is 0.417. The Kier molecular flexibility index (Phi) is 5.57. The lowest BCUT2D eigenvalue weighted by Gasteiger charge is -2.18. The topological polar surface area (TPSA) is 111 Å². The molecule has 1 rings (SSSR count). The van der Waals surface area contributed by atoms with Crippen LogP contribution in [0.3, 0.4) is 0 Å². The largest absolute Gasteiger partial charge is 0.409 e. The van der Waals surface area contributed by atoms with Crippen LogP contribution < -0.4 is 11.1 Å². The maximum absolute atomic E-state index is 9.91. The van der Waals surface area contributed by atoms with Crippen LogP contribution in [0.15, 0.2) is 29.4 Å². The zero-order chi connectivity index (χ0) is 13.5. The van der Waals surface area contributed by atoms with Crippen molar-refractivity contribution in [3.05, 3.63) is 35.4 Å². The summed E-state index contributed by atoms with van der Waals surface area (Å²) in [5.41, 5.74) is 6.57. The number of nitrogens with one attached hydrogen (secondary N) is 1. The van der Waals surface area contributed by atoms with E-state index in [0.29, 0.717) is 24.1 Å². The molecule has 0 fully saturated rings. The fourth-order valence-electron chi connectivity index (χ4n) is 1.58. The summed E-state index contributed by atoms with van der Waals surface area (Å²) in [5, 5.41) is 34.0. The molecule has 6 N–H and O–H groups in total. The van der Waals surface area contributed by atoms with E-state index in [9.17, 15) is 10.2 Å². The number of aliphatic hydroxyl groups is 2. The number of amidine groups is 1. The monoisotopic (exact) mass is 253 g/mol. The van der Waals surface area contributed by atoms with Gasteiger partial charge in [-0.3, -0.25) is 0 Å². The molecular weight excluding hydrogens is 234 g/mol. The maximum atomic E-state index is 9.91. The van der Waals surface area contributed by atoms with Gasteiger partial charge < -0.3 is 26.5 Å². The van der Waals surface area contributed by atoms with Crippen LogP contribution in [0, 0.1) is 0 Å². The van der Waals surface area contributed by atoms with Crippen molar-refractivity contribution in [3.8, 4) is 0 Å². The van der Waals surface area contributed by atoms with E-state index in [1.165, 1.54) is 0 Å². The summed E-state index contributed by atoms with van der Waals surface area (Å²) in [6, 6.07) is 6.53. The molecule has 0 aromatic heterocycles. The molecule has 0 heterocycles. The number of rotatable bonds is 6. The second-order valence-corrected chi connectivity index (χ2v) is 4.01. The Labute approximate surface area is 106 Å². The van der Waals surface area contributed by atoms with Gasteiger partial charge in [0.15, 0.2) is 5.84 Å². The first-order valence-electron chi connectivity index (χ1n) is 5.68. The molecule has 6 heteroatoms. The molecule has 100 valence electrons. The smallest absolute Gasteiger partial charge is 0.170 e. The van der Waals surface area contributed by atoms with Crippen molar-refractivity contribution in [2.75, 3.05) is 13.6 Å². The first-order chi connectivity index (χ1) is 8.60. The predicted octanol–water partition coefficient (Wildman–Crippen LogP) is -0.215. The Morgan fingerprint density at radius 1 is 1.33 bits per heavy atom. The maximum Gasteiger partial charge on any atom is 0.170 e. The highest BCUT2D eigenvalue weighted by atomic mass is 16.4. The molecule has 2 atom stereocenters. The van der Waals surface area contributed by atoms with Crippen molar-refractivity contribution in [1.29, 1.82) is 0 Å². The van der Waals surface area contributed by atoms with Gasteiger partial charge in [-0.25, -0.2) is 0 Å². The molecular formula is C12H19N3O3. The van der Waals surface area contributed by atoms with Gasteiger partial charge in [-0.2, -0.15) is 0 Å². The van der Waals surface area contributed by atoms with E-state index >= 15 is 0 Å².